The summed E-state index contributed by atoms with van der Waals surface area (Å²) in [6.07, 6.45) is 4.00. The predicted octanol–water partition coefficient (Wildman–Crippen LogP) is 3.39. The van der Waals surface area contributed by atoms with Crippen LogP contribution in [0.4, 0.5) is 0 Å². The number of esters is 1. The van der Waals surface area contributed by atoms with Gasteiger partial charge >= 0.3 is 5.97 Å². The monoisotopic (exact) mass is 360 g/mol. The Morgan fingerprint density at radius 1 is 1.55 bits per heavy atom. The van der Waals surface area contributed by atoms with E-state index in [-0.39, 0.29) is 32.0 Å². The smallest absolute Gasteiger partial charge is 0.307 e. The van der Waals surface area contributed by atoms with E-state index in [9.17, 15) is 9.59 Å². The Bertz CT molecular complexity index is 266. The molecule has 1 amide bonds. The van der Waals surface area contributed by atoms with Crippen molar-refractivity contribution in [2.45, 2.75) is 53.5 Å². The largest absolute Gasteiger partial charge is 0.435 e. The molecule has 1 aliphatic heterocycles. The Morgan fingerprint density at radius 2 is 2.05 bits per heavy atom. The van der Waals surface area contributed by atoms with Crippen molar-refractivity contribution in [2.24, 2.45) is 0 Å². The van der Waals surface area contributed by atoms with Crippen LogP contribution in [0.15, 0.2) is 12.8 Å². The molecule has 119 valence electrons. The second-order valence-corrected chi connectivity index (χ2v) is 3.72. The summed E-state index contributed by atoms with van der Waals surface area (Å²) in [6.45, 7) is 9.69. The molecule has 0 N–H and O–H groups in total. The molecule has 20 heavy (non-hydrogen) atoms. The fourth-order valence-corrected chi connectivity index (χ4v) is 1.47. The second kappa shape index (κ2) is 19.1. The van der Waals surface area contributed by atoms with Crippen LogP contribution in [0, 0.1) is 0 Å². The molecule has 3 unspecified atom stereocenters. The number of likely N-dealkylation sites (tertiary alicyclic amines) is 1. The minimum atomic E-state index is -0.329. The molecule has 3 atom stereocenters. The van der Waals surface area contributed by atoms with Gasteiger partial charge in [0.25, 0.3) is 0 Å². The van der Waals surface area contributed by atoms with Crippen LogP contribution in [-0.2, 0) is 32.9 Å². The Labute approximate surface area is 140 Å². The van der Waals surface area contributed by atoms with Gasteiger partial charge in [-0.1, -0.05) is 20.9 Å². The summed E-state index contributed by atoms with van der Waals surface area (Å²) >= 11 is 0. The van der Waals surface area contributed by atoms with Crippen molar-refractivity contribution in [3.8, 4) is 0 Å². The minimum absolute atomic E-state index is 0. The van der Waals surface area contributed by atoms with E-state index in [0.717, 1.165) is 32.1 Å². The Hall–Kier alpha value is 0.124. The zero-order valence-electron chi connectivity index (χ0n) is 12.0. The Kier molecular flexibility index (Phi) is 27.1. The molecule has 4 nitrogen and oxygen atoms in total. The fourth-order valence-electron chi connectivity index (χ4n) is 1.47. The zero-order chi connectivity index (χ0) is 14.6. The number of ether oxygens (including phenoxy) is 1. The Balaban J connectivity index is -0.000000113. The van der Waals surface area contributed by atoms with E-state index in [2.05, 4.69) is 43.0 Å². The van der Waals surface area contributed by atoms with Gasteiger partial charge in [0.1, 0.15) is 0 Å². The van der Waals surface area contributed by atoms with Gasteiger partial charge in [0, 0.05) is 44.5 Å². The first-order chi connectivity index (χ1) is 8.52. The molecule has 0 saturated carbocycles. The summed E-state index contributed by atoms with van der Waals surface area (Å²) in [6, 6.07) is 0.454. The van der Waals surface area contributed by atoms with Gasteiger partial charge in [-0.25, -0.2) is 0 Å². The third-order valence-electron chi connectivity index (χ3n) is 2.48. The Morgan fingerprint density at radius 3 is 2.25 bits per heavy atom. The molecule has 0 bridgehead atoms. The van der Waals surface area contributed by atoms with Gasteiger partial charge in [0.15, 0.2) is 0 Å². The van der Waals surface area contributed by atoms with Crippen LogP contribution in [0.3, 0.4) is 0 Å². The topological polar surface area (TPSA) is 46.6 Å². The first-order valence-electron chi connectivity index (χ1n) is 5.93. The standard InChI is InChI=1S/C8H15NO.C4H6O2.CH4.H4P2.V/c1-3-7(2)9-6-4-5-8(9)10;1-3-6-4(2)5;;1-2;/h7H,3-6H2,1-2H3;3H,1H2,2H3;1H4;1-2H2;. The molecule has 0 aromatic heterocycles. The molecule has 1 heterocycles. The van der Waals surface area contributed by atoms with Crippen LogP contribution in [-0.4, -0.2) is 29.4 Å². The quantitative estimate of drug-likeness (QED) is 0.440. The van der Waals surface area contributed by atoms with E-state index in [0.29, 0.717) is 11.9 Å². The van der Waals surface area contributed by atoms with Crippen LogP contribution in [0.1, 0.15) is 47.5 Å². The van der Waals surface area contributed by atoms with Crippen LogP contribution in [0.2, 0.25) is 0 Å². The summed E-state index contributed by atoms with van der Waals surface area (Å²) in [5.74, 6) is 0.0133. The molecule has 1 aliphatic rings. The maximum absolute atomic E-state index is 11.1. The molecular weight excluding hydrogens is 331 g/mol. The van der Waals surface area contributed by atoms with Gasteiger partial charge < -0.3 is 9.64 Å². The van der Waals surface area contributed by atoms with E-state index in [4.69, 9.17) is 0 Å². The van der Waals surface area contributed by atoms with E-state index < -0.39 is 0 Å². The predicted molar refractivity (Wildman–Crippen MR) is 88.8 cm³/mol. The van der Waals surface area contributed by atoms with Crippen molar-refractivity contribution in [1.29, 1.82) is 0 Å². The van der Waals surface area contributed by atoms with E-state index in [1.165, 1.54) is 6.92 Å². The van der Waals surface area contributed by atoms with Crippen molar-refractivity contribution in [3.05, 3.63) is 12.8 Å². The second-order valence-electron chi connectivity index (χ2n) is 3.72. The SMILES string of the molecule is C.C=COC(C)=O.CCC(C)N1CCCC1=O.PP.[V]. The molecule has 7 heteroatoms. The molecule has 0 spiro atoms. The average molecular weight is 360 g/mol. The van der Waals surface area contributed by atoms with Crippen molar-refractivity contribution in [3.63, 3.8) is 0 Å². The number of nitrogens with zero attached hydrogens (tertiary/aromatic N) is 1. The van der Waals surface area contributed by atoms with Gasteiger partial charge in [-0.2, -0.15) is 0 Å². The van der Waals surface area contributed by atoms with Crippen molar-refractivity contribution < 1.29 is 32.9 Å². The van der Waals surface area contributed by atoms with E-state index in [1.807, 2.05) is 4.90 Å². The summed E-state index contributed by atoms with van der Waals surface area (Å²) < 4.78 is 4.17. The summed E-state index contributed by atoms with van der Waals surface area (Å²) in [5, 5.41) is 0. The molecule has 1 radical (unpaired) electrons. The first-order valence-corrected chi connectivity index (χ1v) is 8.60. The molecule has 1 rings (SSSR count). The third kappa shape index (κ3) is 14.5. The summed E-state index contributed by atoms with van der Waals surface area (Å²) in [4.78, 5) is 22.8. The maximum Gasteiger partial charge on any atom is 0.307 e. The fraction of sp³-hybridized carbons (Fsp3) is 0.692. The molecule has 0 aliphatic carbocycles. The van der Waals surface area contributed by atoms with Gasteiger partial charge in [-0.3, -0.25) is 9.59 Å². The van der Waals surface area contributed by atoms with Gasteiger partial charge in [-0.05, 0) is 19.8 Å². The zero-order valence-corrected chi connectivity index (χ0v) is 15.7. The number of carbonyl (C=O) groups is 2. The normalized spacial score (nSPS) is 13.2. The number of rotatable bonds is 3. The number of carbonyl (C=O) groups excluding carboxylic acids is 2. The minimum Gasteiger partial charge on any atom is -0.435 e. The summed E-state index contributed by atoms with van der Waals surface area (Å²) in [7, 11) is 4.67. The molecular formula is C13H29NO3P2V. The van der Waals surface area contributed by atoms with Crippen LogP contribution in [0.25, 0.3) is 0 Å². The van der Waals surface area contributed by atoms with Gasteiger partial charge in [0.05, 0.1) is 6.26 Å². The van der Waals surface area contributed by atoms with Crippen LogP contribution < -0.4 is 0 Å². The van der Waals surface area contributed by atoms with Gasteiger partial charge in [0.2, 0.25) is 5.91 Å². The molecule has 0 aromatic rings. The molecule has 1 saturated heterocycles. The van der Waals surface area contributed by atoms with E-state index >= 15 is 0 Å². The number of hydrogen-bond acceptors (Lipinski definition) is 3. The van der Waals surface area contributed by atoms with Crippen molar-refractivity contribution in [1.82, 2.24) is 4.90 Å². The summed E-state index contributed by atoms with van der Waals surface area (Å²) in [5.41, 5.74) is 0. The van der Waals surface area contributed by atoms with Crippen LogP contribution in [0.5, 0.6) is 0 Å². The third-order valence-corrected chi connectivity index (χ3v) is 2.48. The van der Waals surface area contributed by atoms with Crippen molar-refractivity contribution in [2.75, 3.05) is 6.54 Å². The number of amides is 1. The number of hydrogen-bond donors (Lipinski definition) is 0. The van der Waals surface area contributed by atoms with Crippen molar-refractivity contribution >= 4 is 29.7 Å². The van der Waals surface area contributed by atoms with Gasteiger partial charge in [-0.15, -0.1) is 17.9 Å². The van der Waals surface area contributed by atoms with Crippen LogP contribution >= 0.6 is 17.9 Å². The first kappa shape index (κ1) is 28.3. The maximum atomic E-state index is 11.1. The average Bonchev–Trinajstić information content (AvgIpc) is 2.78. The molecule has 0 aromatic carbocycles. The molecule has 1 fully saturated rings. The van der Waals surface area contributed by atoms with E-state index in [1.54, 1.807) is 0 Å².